The average molecular weight is 288 g/mol. The summed E-state index contributed by atoms with van der Waals surface area (Å²) in [4.78, 5) is 1.84. The maximum Gasteiger partial charge on any atom is 0.151 e. The van der Waals surface area contributed by atoms with Crippen molar-refractivity contribution in [3.8, 4) is 0 Å². The van der Waals surface area contributed by atoms with Gasteiger partial charge in [-0.1, -0.05) is 30.3 Å². The molecule has 2 N–H and O–H groups in total. The Morgan fingerprint density at radius 1 is 1.00 bits per heavy atom. The molecular weight excluding hydrogens is 270 g/mol. The summed E-state index contributed by atoms with van der Waals surface area (Å²) in [7, 11) is 0. The minimum absolute atomic E-state index is 0.00701. The molecule has 0 radical (unpaired) electrons. The Morgan fingerprint density at radius 3 is 2.33 bits per heavy atom. The molecule has 1 aliphatic heterocycles. The van der Waals surface area contributed by atoms with E-state index in [2.05, 4.69) is 0 Å². The third-order valence-corrected chi connectivity index (χ3v) is 4.01. The minimum Gasteiger partial charge on any atom is -0.399 e. The van der Waals surface area contributed by atoms with Crippen LogP contribution in [0.5, 0.6) is 0 Å². The first-order valence-corrected chi connectivity index (χ1v) is 7.23. The van der Waals surface area contributed by atoms with Gasteiger partial charge in [0.25, 0.3) is 0 Å². The molecule has 0 aromatic heterocycles. The number of nitrogens with zero attached hydrogens (tertiary/aromatic N) is 1. The van der Waals surface area contributed by atoms with Crippen LogP contribution in [0.3, 0.4) is 0 Å². The highest BCUT2D eigenvalue weighted by Gasteiger charge is 2.28. The highest BCUT2D eigenvalue weighted by atomic mass is 19.1. The van der Waals surface area contributed by atoms with Gasteiger partial charge in [0.1, 0.15) is 5.69 Å². The van der Waals surface area contributed by atoms with E-state index in [9.17, 15) is 8.78 Å². The summed E-state index contributed by atoms with van der Waals surface area (Å²) < 4.78 is 28.4. The summed E-state index contributed by atoms with van der Waals surface area (Å²) in [6.07, 6.45) is 2.90. The Morgan fingerprint density at radius 2 is 1.67 bits per heavy atom. The minimum atomic E-state index is -0.588. The van der Waals surface area contributed by atoms with Crippen LogP contribution in [-0.2, 0) is 0 Å². The molecule has 0 bridgehead atoms. The van der Waals surface area contributed by atoms with E-state index in [0.29, 0.717) is 6.54 Å². The summed E-state index contributed by atoms with van der Waals surface area (Å²) in [5.74, 6) is -1.18. The molecule has 3 rings (SSSR count). The Kier molecular flexibility index (Phi) is 3.78. The highest BCUT2D eigenvalue weighted by Crippen LogP contribution is 2.38. The third-order valence-electron chi connectivity index (χ3n) is 4.01. The number of anilines is 2. The zero-order valence-corrected chi connectivity index (χ0v) is 11.7. The highest BCUT2D eigenvalue weighted by molar-refractivity contribution is 5.57. The van der Waals surface area contributed by atoms with Crippen molar-refractivity contribution in [3.63, 3.8) is 0 Å². The molecule has 2 aromatic rings. The number of nitrogens with two attached hydrogens (primary N) is 1. The molecule has 1 saturated heterocycles. The largest absolute Gasteiger partial charge is 0.399 e. The molecule has 1 heterocycles. The maximum absolute atomic E-state index is 14.2. The molecule has 0 aliphatic carbocycles. The number of hydrogen-bond acceptors (Lipinski definition) is 2. The monoisotopic (exact) mass is 288 g/mol. The molecule has 1 fully saturated rings. The van der Waals surface area contributed by atoms with Crippen molar-refractivity contribution in [1.29, 1.82) is 0 Å². The van der Waals surface area contributed by atoms with Crippen molar-refractivity contribution < 1.29 is 8.78 Å². The zero-order valence-electron chi connectivity index (χ0n) is 11.7. The van der Waals surface area contributed by atoms with Gasteiger partial charge in [-0.2, -0.15) is 0 Å². The molecule has 21 heavy (non-hydrogen) atoms. The van der Waals surface area contributed by atoms with Gasteiger partial charge in [-0.3, -0.25) is 0 Å². The Bertz CT molecular complexity index is 605. The van der Waals surface area contributed by atoms with E-state index in [0.717, 1.165) is 24.8 Å². The van der Waals surface area contributed by atoms with Crippen LogP contribution < -0.4 is 10.6 Å². The van der Waals surface area contributed by atoms with E-state index in [4.69, 9.17) is 5.73 Å². The fraction of sp³-hybridized carbons (Fsp3) is 0.294. The number of nitrogen functional groups attached to an aromatic ring is 1. The van der Waals surface area contributed by atoms with Crippen LogP contribution in [-0.4, -0.2) is 6.54 Å². The van der Waals surface area contributed by atoms with Crippen LogP contribution in [0.1, 0.15) is 30.9 Å². The van der Waals surface area contributed by atoms with E-state index >= 15 is 0 Å². The van der Waals surface area contributed by atoms with Crippen LogP contribution in [0, 0.1) is 11.6 Å². The number of halogens is 2. The first kappa shape index (κ1) is 13.9. The van der Waals surface area contributed by atoms with Crippen molar-refractivity contribution in [2.45, 2.75) is 25.3 Å². The number of benzene rings is 2. The zero-order chi connectivity index (χ0) is 14.8. The topological polar surface area (TPSA) is 29.3 Å². The average Bonchev–Trinajstić information content (AvgIpc) is 2.48. The summed E-state index contributed by atoms with van der Waals surface area (Å²) in [5.41, 5.74) is 6.75. The Balaban J connectivity index is 2.03. The van der Waals surface area contributed by atoms with Crippen LogP contribution in [0.4, 0.5) is 20.2 Å². The predicted molar refractivity (Wildman–Crippen MR) is 81.2 cm³/mol. The summed E-state index contributed by atoms with van der Waals surface area (Å²) >= 11 is 0. The van der Waals surface area contributed by atoms with Gasteiger partial charge in [-0.25, -0.2) is 8.78 Å². The number of rotatable bonds is 2. The van der Waals surface area contributed by atoms with Gasteiger partial charge < -0.3 is 10.6 Å². The fourth-order valence-electron chi connectivity index (χ4n) is 3.08. The van der Waals surface area contributed by atoms with Gasteiger partial charge in [-0.05, 0) is 37.0 Å². The second-order valence-electron chi connectivity index (χ2n) is 5.45. The molecule has 4 heteroatoms. The van der Waals surface area contributed by atoms with Crippen molar-refractivity contribution in [2.24, 2.45) is 0 Å². The molecule has 2 nitrogen and oxygen atoms in total. The normalized spacial score (nSPS) is 18.8. The number of piperidine rings is 1. The molecule has 1 unspecified atom stereocenters. The van der Waals surface area contributed by atoms with Crippen LogP contribution in [0.2, 0.25) is 0 Å². The van der Waals surface area contributed by atoms with Crippen LogP contribution in [0.25, 0.3) is 0 Å². The summed E-state index contributed by atoms with van der Waals surface area (Å²) in [6.45, 7) is 0.650. The van der Waals surface area contributed by atoms with E-state index in [1.54, 1.807) is 0 Å². The quantitative estimate of drug-likeness (QED) is 0.836. The Hall–Kier alpha value is -2.10. The lowest BCUT2D eigenvalue weighted by Gasteiger charge is -2.38. The first-order valence-electron chi connectivity index (χ1n) is 7.23. The van der Waals surface area contributed by atoms with Gasteiger partial charge in [0, 0.05) is 12.2 Å². The lowest BCUT2D eigenvalue weighted by Crippen LogP contribution is -2.34. The molecule has 1 aliphatic rings. The lowest BCUT2D eigenvalue weighted by molar-refractivity contribution is 0.454. The third kappa shape index (κ3) is 2.71. The molecule has 0 spiro atoms. The van der Waals surface area contributed by atoms with Crippen LogP contribution >= 0.6 is 0 Å². The SMILES string of the molecule is Nc1cc(F)c(N2CCCCC2c2ccccc2)c(F)c1. The first-order chi connectivity index (χ1) is 10.2. The van der Waals surface area contributed by atoms with Gasteiger partial charge in [0.05, 0.1) is 6.04 Å². The van der Waals surface area contributed by atoms with E-state index in [1.165, 1.54) is 12.1 Å². The molecule has 110 valence electrons. The molecule has 0 amide bonds. The van der Waals surface area contributed by atoms with E-state index in [1.807, 2.05) is 35.2 Å². The van der Waals surface area contributed by atoms with E-state index < -0.39 is 11.6 Å². The smallest absolute Gasteiger partial charge is 0.151 e. The standard InChI is InChI=1S/C17H18F2N2/c18-14-10-13(20)11-15(19)17(14)21-9-5-4-8-16(21)12-6-2-1-3-7-12/h1-3,6-7,10-11,16H,4-5,8-9,20H2. The maximum atomic E-state index is 14.2. The van der Waals surface area contributed by atoms with Gasteiger partial charge in [0.2, 0.25) is 0 Å². The van der Waals surface area contributed by atoms with Crippen molar-refractivity contribution in [3.05, 3.63) is 59.7 Å². The molecular formula is C17H18F2N2. The van der Waals surface area contributed by atoms with Crippen molar-refractivity contribution >= 4 is 11.4 Å². The fourth-order valence-corrected chi connectivity index (χ4v) is 3.08. The second-order valence-corrected chi connectivity index (χ2v) is 5.45. The van der Waals surface area contributed by atoms with Crippen LogP contribution in [0.15, 0.2) is 42.5 Å². The second kappa shape index (κ2) is 5.72. The summed E-state index contributed by atoms with van der Waals surface area (Å²) in [6, 6.07) is 12.3. The molecule has 1 atom stereocenters. The number of hydrogen-bond donors (Lipinski definition) is 1. The van der Waals surface area contributed by atoms with Gasteiger partial charge in [0.15, 0.2) is 11.6 Å². The molecule has 0 saturated carbocycles. The van der Waals surface area contributed by atoms with Crippen molar-refractivity contribution in [2.75, 3.05) is 17.2 Å². The molecule has 2 aromatic carbocycles. The van der Waals surface area contributed by atoms with Gasteiger partial charge >= 0.3 is 0 Å². The van der Waals surface area contributed by atoms with E-state index in [-0.39, 0.29) is 17.4 Å². The lowest BCUT2D eigenvalue weighted by atomic mass is 9.94. The predicted octanol–water partition coefficient (Wildman–Crippen LogP) is 4.28. The summed E-state index contributed by atoms with van der Waals surface area (Å²) in [5, 5.41) is 0. The van der Waals surface area contributed by atoms with Gasteiger partial charge in [-0.15, -0.1) is 0 Å². The van der Waals surface area contributed by atoms with Crippen molar-refractivity contribution in [1.82, 2.24) is 0 Å². The Labute approximate surface area is 123 Å².